The Morgan fingerprint density at radius 2 is 1.57 bits per heavy atom. The highest BCUT2D eigenvalue weighted by molar-refractivity contribution is 5.96. The number of carboxylic acid groups (broad SMARTS) is 1. The first kappa shape index (κ1) is 35.5. The van der Waals surface area contributed by atoms with Gasteiger partial charge in [0, 0.05) is 13.0 Å². The molecular formula is C32H35N9O8. The number of anilines is 1. The molecule has 2 aromatic carbocycles. The molecule has 2 aromatic heterocycles. The first-order valence-corrected chi connectivity index (χ1v) is 15.2. The Morgan fingerprint density at radius 1 is 0.878 bits per heavy atom. The molecule has 0 saturated carbocycles. The summed E-state index contributed by atoms with van der Waals surface area (Å²) in [5, 5.41) is 19.8. The van der Waals surface area contributed by atoms with Crippen molar-refractivity contribution >= 4 is 46.9 Å². The summed E-state index contributed by atoms with van der Waals surface area (Å²) >= 11 is 0. The van der Waals surface area contributed by atoms with Crippen LogP contribution in [0.25, 0.3) is 11.2 Å². The minimum atomic E-state index is -1.27. The number of aromatic amines is 1. The third-order valence-electron chi connectivity index (χ3n) is 7.03. The van der Waals surface area contributed by atoms with E-state index in [1.165, 1.54) is 0 Å². The maximum atomic E-state index is 13.3. The first-order valence-electron chi connectivity index (χ1n) is 15.2. The Balaban J connectivity index is 1.28. The van der Waals surface area contributed by atoms with Crippen molar-refractivity contribution in [3.8, 4) is 0 Å². The number of hydrogen-bond donors (Lipinski definition) is 7. The van der Waals surface area contributed by atoms with Crippen LogP contribution in [-0.2, 0) is 32.1 Å². The summed E-state index contributed by atoms with van der Waals surface area (Å²) < 4.78 is 5.15. The van der Waals surface area contributed by atoms with Gasteiger partial charge >= 0.3 is 12.1 Å². The van der Waals surface area contributed by atoms with Crippen LogP contribution in [0.5, 0.6) is 0 Å². The number of aromatic nitrogens is 4. The number of nitrogen functional groups attached to an aromatic ring is 1. The molecule has 256 valence electrons. The zero-order chi connectivity index (χ0) is 35.2. The van der Waals surface area contributed by atoms with E-state index in [0.717, 1.165) is 11.8 Å². The predicted molar refractivity (Wildman–Crippen MR) is 175 cm³/mol. The number of carbonyl (C=O) groups excluding carboxylic acids is 4. The van der Waals surface area contributed by atoms with Gasteiger partial charge in [-0.05, 0) is 30.4 Å². The van der Waals surface area contributed by atoms with Gasteiger partial charge in [-0.3, -0.25) is 24.2 Å². The van der Waals surface area contributed by atoms with Crippen LogP contribution < -0.4 is 32.6 Å². The molecule has 0 aliphatic carbocycles. The van der Waals surface area contributed by atoms with Gasteiger partial charge in [-0.1, -0.05) is 60.7 Å². The highest BCUT2D eigenvalue weighted by Crippen LogP contribution is 2.08. The van der Waals surface area contributed by atoms with Gasteiger partial charge in [0.05, 0.1) is 12.7 Å². The van der Waals surface area contributed by atoms with Gasteiger partial charge in [-0.25, -0.2) is 19.6 Å². The average molecular weight is 674 g/mol. The van der Waals surface area contributed by atoms with Crippen LogP contribution in [0.3, 0.4) is 0 Å². The smallest absolute Gasteiger partial charge is 0.407 e. The van der Waals surface area contributed by atoms with E-state index in [9.17, 15) is 33.9 Å². The summed E-state index contributed by atoms with van der Waals surface area (Å²) in [4.78, 5) is 88.6. The molecule has 0 bridgehead atoms. The summed E-state index contributed by atoms with van der Waals surface area (Å²) in [5.41, 5.74) is 5.88. The molecular weight excluding hydrogens is 638 g/mol. The Morgan fingerprint density at radius 3 is 2.27 bits per heavy atom. The molecule has 49 heavy (non-hydrogen) atoms. The average Bonchev–Trinajstić information content (AvgIpc) is 3.09. The number of nitrogens with zero attached hydrogens (tertiary/aromatic N) is 3. The van der Waals surface area contributed by atoms with E-state index >= 15 is 0 Å². The molecule has 4 amide bonds. The zero-order valence-corrected chi connectivity index (χ0v) is 26.2. The number of benzene rings is 2. The van der Waals surface area contributed by atoms with Crippen LogP contribution >= 0.6 is 0 Å². The molecule has 0 saturated heterocycles. The SMILES string of the molecule is Nc1nc2nc(C(=O)NCC(=O)N[C@@H](Cc3ccccc3)C(=O)N[C@@H](CCCCNC(=O)OCc3ccccc3)C(=O)O)cnc2c(=O)[nH]1. The van der Waals surface area contributed by atoms with Gasteiger partial charge in [-0.2, -0.15) is 4.98 Å². The number of amides is 4. The number of nitrogens with two attached hydrogens (primary N) is 1. The molecule has 2 atom stereocenters. The number of aliphatic carboxylic acids is 1. The molecule has 4 rings (SSSR count). The van der Waals surface area contributed by atoms with Gasteiger partial charge < -0.3 is 36.8 Å². The zero-order valence-electron chi connectivity index (χ0n) is 26.2. The number of fused-ring (bicyclic) bond motifs is 1. The monoisotopic (exact) mass is 673 g/mol. The number of carbonyl (C=O) groups is 5. The first-order chi connectivity index (χ1) is 23.6. The third kappa shape index (κ3) is 11.1. The molecule has 0 aliphatic heterocycles. The molecule has 0 spiro atoms. The van der Waals surface area contributed by atoms with Crippen LogP contribution in [0.1, 0.15) is 40.9 Å². The third-order valence-corrected chi connectivity index (χ3v) is 7.03. The topological polar surface area (TPSA) is 260 Å². The molecule has 17 nitrogen and oxygen atoms in total. The minimum absolute atomic E-state index is 0.0332. The largest absolute Gasteiger partial charge is 0.480 e. The second-order valence-corrected chi connectivity index (χ2v) is 10.8. The number of unbranched alkanes of at least 4 members (excludes halogenated alkanes) is 1. The van der Waals surface area contributed by atoms with Gasteiger partial charge in [0.15, 0.2) is 11.2 Å². The normalized spacial score (nSPS) is 11.9. The summed E-state index contributed by atoms with van der Waals surface area (Å²) in [6.45, 7) is -0.214. The van der Waals surface area contributed by atoms with Crippen LogP contribution in [0.2, 0.25) is 0 Å². The lowest BCUT2D eigenvalue weighted by molar-refractivity contribution is -0.142. The van der Waals surface area contributed by atoms with Crippen molar-refractivity contribution in [2.75, 3.05) is 18.8 Å². The summed E-state index contributed by atoms with van der Waals surface area (Å²) in [5.74, 6) is -3.78. The van der Waals surface area contributed by atoms with Crippen molar-refractivity contribution in [2.24, 2.45) is 0 Å². The second-order valence-electron chi connectivity index (χ2n) is 10.8. The lowest BCUT2D eigenvalue weighted by Crippen LogP contribution is -2.54. The van der Waals surface area contributed by atoms with E-state index in [1.807, 2.05) is 30.3 Å². The van der Waals surface area contributed by atoms with Crippen molar-refractivity contribution < 1.29 is 33.8 Å². The standard InChI is InChI=1S/C32H35N9O8/c33-31-40-26-25(29(45)41-31)35-16-23(38-26)27(43)36-17-24(42)37-22(15-19-9-3-1-4-10-19)28(44)39-21(30(46)47)13-7-8-14-34-32(48)49-18-20-11-5-2-6-12-20/h1-6,9-12,16,21-22H,7-8,13-15,17-18H2,(H,34,48)(H,36,43)(H,37,42)(H,39,44)(H,46,47)(H3,33,38,40,41,45)/t21-,22-/m0/s1. The Labute approximate surface area is 279 Å². The Kier molecular flexibility index (Phi) is 12.7. The molecule has 4 aromatic rings. The molecule has 17 heteroatoms. The van der Waals surface area contributed by atoms with E-state index in [2.05, 4.69) is 41.2 Å². The fourth-order valence-electron chi connectivity index (χ4n) is 4.57. The maximum Gasteiger partial charge on any atom is 0.407 e. The molecule has 2 heterocycles. The van der Waals surface area contributed by atoms with Gasteiger partial charge in [0.1, 0.15) is 24.4 Å². The number of ether oxygens (including phenoxy) is 1. The van der Waals surface area contributed by atoms with Gasteiger partial charge in [-0.15, -0.1) is 0 Å². The summed E-state index contributed by atoms with van der Waals surface area (Å²) in [6, 6.07) is 15.5. The molecule has 8 N–H and O–H groups in total. The van der Waals surface area contributed by atoms with Crippen molar-refractivity contribution in [1.82, 2.24) is 41.2 Å². The maximum absolute atomic E-state index is 13.3. The van der Waals surface area contributed by atoms with Crippen LogP contribution in [0.15, 0.2) is 71.7 Å². The Bertz CT molecular complexity index is 1840. The van der Waals surface area contributed by atoms with Gasteiger partial charge in [0.2, 0.25) is 17.8 Å². The number of rotatable bonds is 16. The number of hydrogen-bond acceptors (Lipinski definition) is 11. The van der Waals surface area contributed by atoms with E-state index in [0.29, 0.717) is 18.4 Å². The lowest BCUT2D eigenvalue weighted by Gasteiger charge is -2.22. The molecule has 0 unspecified atom stereocenters. The number of carboxylic acids is 1. The lowest BCUT2D eigenvalue weighted by atomic mass is 10.0. The van der Waals surface area contributed by atoms with Crippen LogP contribution in [-0.4, -0.2) is 80.0 Å². The van der Waals surface area contributed by atoms with Crippen LogP contribution in [0, 0.1) is 0 Å². The van der Waals surface area contributed by atoms with E-state index in [4.69, 9.17) is 10.5 Å². The van der Waals surface area contributed by atoms with Crippen molar-refractivity contribution in [1.29, 1.82) is 0 Å². The van der Waals surface area contributed by atoms with Crippen molar-refractivity contribution in [2.45, 2.75) is 44.4 Å². The molecule has 0 aliphatic rings. The quantitative estimate of drug-likeness (QED) is 0.0798. The fourth-order valence-corrected chi connectivity index (χ4v) is 4.57. The molecule has 0 fully saturated rings. The molecule has 0 radical (unpaired) electrons. The van der Waals surface area contributed by atoms with E-state index < -0.39 is 54.0 Å². The summed E-state index contributed by atoms with van der Waals surface area (Å²) in [6.07, 6.45) is 1.30. The highest BCUT2D eigenvalue weighted by atomic mass is 16.5. The Hall–Kier alpha value is -6.39. The van der Waals surface area contributed by atoms with Crippen molar-refractivity contribution in [3.63, 3.8) is 0 Å². The van der Waals surface area contributed by atoms with E-state index in [1.54, 1.807) is 30.3 Å². The fraction of sp³-hybridized carbons (Fsp3) is 0.281. The van der Waals surface area contributed by atoms with Gasteiger partial charge in [0.25, 0.3) is 11.5 Å². The highest BCUT2D eigenvalue weighted by Gasteiger charge is 2.27. The number of alkyl carbamates (subject to hydrolysis) is 1. The minimum Gasteiger partial charge on any atom is -0.480 e. The van der Waals surface area contributed by atoms with Crippen molar-refractivity contribution in [3.05, 3.63) is 94.0 Å². The number of nitrogens with one attached hydrogen (secondary N) is 5. The summed E-state index contributed by atoms with van der Waals surface area (Å²) in [7, 11) is 0. The van der Waals surface area contributed by atoms with Crippen LogP contribution in [0.4, 0.5) is 10.7 Å². The predicted octanol–water partition coefficient (Wildman–Crippen LogP) is 0.419. The second kappa shape index (κ2) is 17.5. The van der Waals surface area contributed by atoms with E-state index in [-0.39, 0.29) is 48.8 Å². The number of H-pyrrole nitrogens is 1.